The first-order valence-electron chi connectivity index (χ1n) is 8.71. The fourth-order valence-corrected chi connectivity index (χ4v) is 2.73. The van der Waals surface area contributed by atoms with Gasteiger partial charge in [0.15, 0.2) is 6.10 Å². The number of anilines is 3. The number of amides is 1. The summed E-state index contributed by atoms with van der Waals surface area (Å²) in [7, 11) is 0. The fraction of sp³-hybridized carbons (Fsp3) is 0.0909. The van der Waals surface area contributed by atoms with E-state index < -0.39 is 18.0 Å². The maximum atomic E-state index is 12.6. The van der Waals surface area contributed by atoms with E-state index in [2.05, 4.69) is 10.6 Å². The highest BCUT2D eigenvalue weighted by atomic mass is 35.5. The minimum atomic E-state index is -0.976. The fourth-order valence-electron chi connectivity index (χ4n) is 2.53. The number of rotatable bonds is 6. The van der Waals surface area contributed by atoms with Crippen LogP contribution in [0.15, 0.2) is 78.9 Å². The molecule has 0 heterocycles. The average molecular weight is 395 g/mol. The Bertz CT molecular complexity index is 976. The molecule has 0 unspecified atom stereocenters. The first-order valence-corrected chi connectivity index (χ1v) is 9.09. The summed E-state index contributed by atoms with van der Waals surface area (Å²) in [4.78, 5) is 24.9. The Morgan fingerprint density at radius 1 is 0.893 bits per heavy atom. The van der Waals surface area contributed by atoms with Gasteiger partial charge in [0.2, 0.25) is 0 Å². The molecule has 0 spiro atoms. The van der Waals surface area contributed by atoms with Crippen LogP contribution in [0.4, 0.5) is 17.1 Å². The minimum Gasteiger partial charge on any atom is -0.449 e. The van der Waals surface area contributed by atoms with Crippen molar-refractivity contribution in [1.29, 1.82) is 0 Å². The number of hydrogen-bond donors (Lipinski definition) is 2. The van der Waals surface area contributed by atoms with Crippen molar-refractivity contribution in [2.75, 3.05) is 10.6 Å². The van der Waals surface area contributed by atoms with Crippen molar-refractivity contribution < 1.29 is 14.3 Å². The SMILES string of the molecule is C[C@@H](OC(=O)c1ccccc1Nc1ccccc1)C(=O)Nc1cccc(Cl)c1. The predicted octanol–water partition coefficient (Wildman–Crippen LogP) is 5.27. The van der Waals surface area contributed by atoms with Crippen molar-refractivity contribution in [1.82, 2.24) is 0 Å². The van der Waals surface area contributed by atoms with E-state index in [1.807, 2.05) is 36.4 Å². The largest absolute Gasteiger partial charge is 0.449 e. The molecule has 6 heteroatoms. The molecule has 0 radical (unpaired) electrons. The van der Waals surface area contributed by atoms with Gasteiger partial charge in [0, 0.05) is 16.4 Å². The lowest BCUT2D eigenvalue weighted by Gasteiger charge is -2.16. The molecular weight excluding hydrogens is 376 g/mol. The smallest absolute Gasteiger partial charge is 0.341 e. The average Bonchev–Trinajstić information content (AvgIpc) is 2.69. The number of ether oxygens (including phenoxy) is 1. The Morgan fingerprint density at radius 3 is 2.32 bits per heavy atom. The molecule has 1 atom stereocenters. The Kier molecular flexibility index (Phi) is 6.29. The van der Waals surface area contributed by atoms with Crippen molar-refractivity contribution in [3.05, 3.63) is 89.4 Å². The number of nitrogens with one attached hydrogen (secondary N) is 2. The monoisotopic (exact) mass is 394 g/mol. The number of para-hydroxylation sites is 2. The molecule has 3 aromatic rings. The molecule has 5 nitrogen and oxygen atoms in total. The standard InChI is InChI=1S/C22H19ClN2O3/c1-15(21(26)25-18-11-7-8-16(23)14-18)28-22(27)19-12-5-6-13-20(19)24-17-9-3-2-4-10-17/h2-15,24H,1H3,(H,25,26)/t15-/m1/s1. The Hall–Kier alpha value is -3.31. The maximum absolute atomic E-state index is 12.6. The maximum Gasteiger partial charge on any atom is 0.341 e. The first kappa shape index (κ1) is 19.5. The molecule has 0 saturated heterocycles. The number of carbonyl (C=O) groups excluding carboxylic acids is 2. The second-order valence-electron chi connectivity index (χ2n) is 6.08. The van der Waals surface area contributed by atoms with E-state index in [1.54, 1.807) is 42.5 Å². The lowest BCUT2D eigenvalue weighted by Crippen LogP contribution is -2.30. The molecule has 0 aliphatic heterocycles. The number of benzene rings is 3. The molecule has 0 bridgehead atoms. The van der Waals surface area contributed by atoms with Crippen LogP contribution < -0.4 is 10.6 Å². The van der Waals surface area contributed by atoms with E-state index in [0.717, 1.165) is 5.69 Å². The first-order chi connectivity index (χ1) is 13.5. The second kappa shape index (κ2) is 9.06. The van der Waals surface area contributed by atoms with Crippen LogP contribution in [0.3, 0.4) is 0 Å². The van der Waals surface area contributed by atoms with Gasteiger partial charge in [-0.1, -0.05) is 48.0 Å². The van der Waals surface area contributed by atoms with Crippen molar-refractivity contribution in [2.45, 2.75) is 13.0 Å². The third kappa shape index (κ3) is 5.11. The summed E-state index contributed by atoms with van der Waals surface area (Å²) in [6, 6.07) is 23.2. The second-order valence-corrected chi connectivity index (χ2v) is 6.52. The van der Waals surface area contributed by atoms with E-state index in [9.17, 15) is 9.59 Å². The normalized spacial score (nSPS) is 11.4. The van der Waals surface area contributed by atoms with Gasteiger partial charge in [-0.05, 0) is 49.4 Å². The van der Waals surface area contributed by atoms with Crippen LogP contribution in [0.1, 0.15) is 17.3 Å². The lowest BCUT2D eigenvalue weighted by atomic mass is 10.1. The van der Waals surface area contributed by atoms with Crippen molar-refractivity contribution in [3.8, 4) is 0 Å². The molecule has 0 aliphatic rings. The predicted molar refractivity (Wildman–Crippen MR) is 111 cm³/mol. The molecule has 2 N–H and O–H groups in total. The van der Waals surface area contributed by atoms with E-state index in [1.165, 1.54) is 6.92 Å². The third-order valence-electron chi connectivity index (χ3n) is 3.94. The molecule has 0 aliphatic carbocycles. The molecule has 3 rings (SSSR count). The topological polar surface area (TPSA) is 67.4 Å². The van der Waals surface area contributed by atoms with Gasteiger partial charge in [-0.2, -0.15) is 0 Å². The van der Waals surface area contributed by atoms with Crippen LogP contribution in [-0.4, -0.2) is 18.0 Å². The van der Waals surface area contributed by atoms with Gasteiger partial charge in [-0.25, -0.2) is 4.79 Å². The van der Waals surface area contributed by atoms with Gasteiger partial charge in [-0.15, -0.1) is 0 Å². The number of hydrogen-bond acceptors (Lipinski definition) is 4. The highest BCUT2D eigenvalue weighted by Gasteiger charge is 2.21. The Morgan fingerprint density at radius 2 is 1.57 bits per heavy atom. The van der Waals surface area contributed by atoms with Crippen LogP contribution >= 0.6 is 11.6 Å². The molecule has 0 saturated carbocycles. The number of esters is 1. The summed E-state index contributed by atoms with van der Waals surface area (Å²) < 4.78 is 5.36. The van der Waals surface area contributed by atoms with Crippen molar-refractivity contribution in [3.63, 3.8) is 0 Å². The summed E-state index contributed by atoms with van der Waals surface area (Å²) in [6.45, 7) is 1.52. The zero-order valence-electron chi connectivity index (χ0n) is 15.2. The van der Waals surface area contributed by atoms with Crippen LogP contribution in [0.5, 0.6) is 0 Å². The van der Waals surface area contributed by atoms with Gasteiger partial charge < -0.3 is 15.4 Å². The van der Waals surface area contributed by atoms with Crippen molar-refractivity contribution >= 4 is 40.5 Å². The minimum absolute atomic E-state index is 0.341. The van der Waals surface area contributed by atoms with Gasteiger partial charge in [0.05, 0.1) is 11.3 Å². The molecule has 142 valence electrons. The van der Waals surface area contributed by atoms with Crippen LogP contribution in [0.25, 0.3) is 0 Å². The van der Waals surface area contributed by atoms with Crippen LogP contribution in [0.2, 0.25) is 5.02 Å². The summed E-state index contributed by atoms with van der Waals surface area (Å²) in [5, 5.41) is 6.37. The lowest BCUT2D eigenvalue weighted by molar-refractivity contribution is -0.123. The zero-order valence-corrected chi connectivity index (χ0v) is 15.9. The molecule has 1 amide bonds. The summed E-state index contributed by atoms with van der Waals surface area (Å²) >= 11 is 5.91. The third-order valence-corrected chi connectivity index (χ3v) is 4.18. The number of halogens is 1. The quantitative estimate of drug-likeness (QED) is 0.559. The van der Waals surface area contributed by atoms with Crippen LogP contribution in [-0.2, 0) is 9.53 Å². The summed E-state index contributed by atoms with van der Waals surface area (Å²) in [6.07, 6.45) is -0.976. The highest BCUT2D eigenvalue weighted by Crippen LogP contribution is 2.22. The van der Waals surface area contributed by atoms with Gasteiger partial charge in [0.1, 0.15) is 0 Å². The van der Waals surface area contributed by atoms with Gasteiger partial charge in [-0.3, -0.25) is 4.79 Å². The zero-order chi connectivity index (χ0) is 19.9. The molecule has 3 aromatic carbocycles. The van der Waals surface area contributed by atoms with Gasteiger partial charge >= 0.3 is 5.97 Å². The van der Waals surface area contributed by atoms with Crippen molar-refractivity contribution in [2.24, 2.45) is 0 Å². The molecular formula is C22H19ClN2O3. The highest BCUT2D eigenvalue weighted by molar-refractivity contribution is 6.30. The van der Waals surface area contributed by atoms with E-state index in [4.69, 9.17) is 16.3 Å². The summed E-state index contributed by atoms with van der Waals surface area (Å²) in [5.74, 6) is -1.03. The Labute approximate surface area is 168 Å². The number of carbonyl (C=O) groups is 2. The Balaban J connectivity index is 1.68. The molecule has 0 aromatic heterocycles. The summed E-state index contributed by atoms with van der Waals surface area (Å²) in [5.41, 5.74) is 2.32. The van der Waals surface area contributed by atoms with Gasteiger partial charge in [0.25, 0.3) is 5.91 Å². The molecule has 28 heavy (non-hydrogen) atoms. The van der Waals surface area contributed by atoms with E-state index >= 15 is 0 Å². The molecule has 0 fully saturated rings. The van der Waals surface area contributed by atoms with E-state index in [-0.39, 0.29) is 0 Å². The van der Waals surface area contributed by atoms with E-state index in [0.29, 0.717) is 22.0 Å². The van der Waals surface area contributed by atoms with Crippen LogP contribution in [0, 0.1) is 0 Å².